The van der Waals surface area contributed by atoms with Crippen molar-refractivity contribution >= 4 is 11.8 Å². The molecule has 1 aliphatic heterocycles. The average molecular weight is 313 g/mol. The molecule has 0 bridgehead atoms. The summed E-state index contributed by atoms with van der Waals surface area (Å²) >= 11 is 0. The Hall–Kier alpha value is -2.70. The van der Waals surface area contributed by atoms with E-state index in [1.54, 1.807) is 11.0 Å². The molecule has 2 N–H and O–H groups in total. The third-order valence-electron chi connectivity index (χ3n) is 3.94. The molecule has 7 heteroatoms. The lowest BCUT2D eigenvalue weighted by atomic mass is 9.98. The largest absolute Gasteiger partial charge is 0.355 e. The van der Waals surface area contributed by atoms with E-state index in [-0.39, 0.29) is 17.7 Å². The Bertz CT molecular complexity index is 656. The number of nitrogens with zero attached hydrogens (tertiary/aromatic N) is 3. The number of piperidine rings is 1. The van der Waals surface area contributed by atoms with Gasteiger partial charge in [-0.25, -0.2) is 9.67 Å². The maximum absolute atomic E-state index is 12.1. The molecule has 2 aromatic rings. The SMILES string of the molecule is O=C1CCC(C(=O)NCc2ccc(Cn3cncn3)cc2)CN1. The van der Waals surface area contributed by atoms with Crippen LogP contribution in [-0.2, 0) is 22.7 Å². The molecule has 7 nitrogen and oxygen atoms in total. The Morgan fingerprint density at radius 2 is 2.09 bits per heavy atom. The van der Waals surface area contributed by atoms with Crippen molar-refractivity contribution in [2.45, 2.75) is 25.9 Å². The van der Waals surface area contributed by atoms with Gasteiger partial charge in [-0.05, 0) is 17.5 Å². The summed E-state index contributed by atoms with van der Waals surface area (Å²) in [4.78, 5) is 27.1. The number of rotatable bonds is 5. The number of hydrogen-bond acceptors (Lipinski definition) is 4. The molecule has 1 unspecified atom stereocenters. The van der Waals surface area contributed by atoms with Gasteiger partial charge in [0, 0.05) is 19.5 Å². The molecule has 1 aromatic carbocycles. The number of aromatic nitrogens is 3. The number of amides is 2. The van der Waals surface area contributed by atoms with Gasteiger partial charge in [0.2, 0.25) is 11.8 Å². The van der Waals surface area contributed by atoms with Gasteiger partial charge in [-0.15, -0.1) is 0 Å². The summed E-state index contributed by atoms with van der Waals surface area (Å²) in [7, 11) is 0. The Labute approximate surface area is 134 Å². The van der Waals surface area contributed by atoms with Crippen molar-refractivity contribution in [3.8, 4) is 0 Å². The summed E-state index contributed by atoms with van der Waals surface area (Å²) in [5.41, 5.74) is 2.17. The normalized spacial score (nSPS) is 17.6. The fraction of sp³-hybridized carbons (Fsp3) is 0.375. The standard InChI is InChI=1S/C16H19N5O2/c22-15-6-5-14(8-18-15)16(23)19-7-12-1-3-13(4-2-12)9-21-11-17-10-20-21/h1-4,10-11,14H,5-9H2,(H,18,22)(H,19,23). The van der Waals surface area contributed by atoms with Crippen LogP contribution in [0.25, 0.3) is 0 Å². The van der Waals surface area contributed by atoms with Crippen LogP contribution in [0.3, 0.4) is 0 Å². The van der Waals surface area contributed by atoms with Crippen molar-refractivity contribution in [2.24, 2.45) is 5.92 Å². The van der Waals surface area contributed by atoms with Crippen LogP contribution in [0.4, 0.5) is 0 Å². The van der Waals surface area contributed by atoms with Crippen molar-refractivity contribution in [3.05, 3.63) is 48.0 Å². The molecule has 0 spiro atoms. The van der Waals surface area contributed by atoms with E-state index >= 15 is 0 Å². The molecule has 2 amide bonds. The molecular formula is C16H19N5O2. The fourth-order valence-corrected chi connectivity index (χ4v) is 2.55. The molecule has 2 heterocycles. The van der Waals surface area contributed by atoms with Gasteiger partial charge in [-0.3, -0.25) is 9.59 Å². The number of carbonyl (C=O) groups is 2. The predicted octanol–water partition coefficient (Wildman–Crippen LogP) is 0.469. The Kier molecular flexibility index (Phi) is 4.65. The second-order valence-electron chi connectivity index (χ2n) is 5.67. The van der Waals surface area contributed by atoms with Crippen LogP contribution in [0.15, 0.2) is 36.9 Å². The summed E-state index contributed by atoms with van der Waals surface area (Å²) in [5.74, 6) is -0.104. The van der Waals surface area contributed by atoms with Crippen LogP contribution >= 0.6 is 0 Å². The summed E-state index contributed by atoms with van der Waals surface area (Å²) in [6.45, 7) is 1.60. The monoisotopic (exact) mass is 313 g/mol. The molecule has 1 aromatic heterocycles. The molecule has 1 fully saturated rings. The minimum absolute atomic E-state index is 0.00306. The summed E-state index contributed by atoms with van der Waals surface area (Å²) in [6, 6.07) is 8.03. The van der Waals surface area contributed by atoms with E-state index in [9.17, 15) is 9.59 Å². The van der Waals surface area contributed by atoms with Crippen LogP contribution < -0.4 is 10.6 Å². The second-order valence-corrected chi connectivity index (χ2v) is 5.67. The van der Waals surface area contributed by atoms with E-state index in [1.807, 2.05) is 24.3 Å². The van der Waals surface area contributed by atoms with Crippen LogP contribution in [0.5, 0.6) is 0 Å². The van der Waals surface area contributed by atoms with Gasteiger partial charge in [-0.2, -0.15) is 5.10 Å². The molecule has 0 aliphatic carbocycles. The van der Waals surface area contributed by atoms with E-state index in [0.717, 1.165) is 11.1 Å². The van der Waals surface area contributed by atoms with Gasteiger partial charge < -0.3 is 10.6 Å². The van der Waals surface area contributed by atoms with E-state index < -0.39 is 0 Å². The first kappa shape index (κ1) is 15.2. The third kappa shape index (κ3) is 4.15. The smallest absolute Gasteiger partial charge is 0.225 e. The van der Waals surface area contributed by atoms with Crippen molar-refractivity contribution in [3.63, 3.8) is 0 Å². The first-order valence-corrected chi connectivity index (χ1v) is 7.65. The summed E-state index contributed by atoms with van der Waals surface area (Å²) in [5, 5.41) is 9.73. The molecule has 3 rings (SSSR count). The second kappa shape index (κ2) is 7.04. The van der Waals surface area contributed by atoms with Gasteiger partial charge in [-0.1, -0.05) is 24.3 Å². The quantitative estimate of drug-likeness (QED) is 0.840. The van der Waals surface area contributed by atoms with E-state index in [4.69, 9.17) is 0 Å². The first-order valence-electron chi connectivity index (χ1n) is 7.65. The first-order chi connectivity index (χ1) is 11.2. The predicted molar refractivity (Wildman–Crippen MR) is 83.1 cm³/mol. The molecule has 0 radical (unpaired) electrons. The Morgan fingerprint density at radius 3 is 2.74 bits per heavy atom. The van der Waals surface area contributed by atoms with Crippen molar-refractivity contribution in [2.75, 3.05) is 6.54 Å². The van der Waals surface area contributed by atoms with Crippen LogP contribution in [0.1, 0.15) is 24.0 Å². The molecule has 1 atom stereocenters. The summed E-state index contributed by atoms with van der Waals surface area (Å²) in [6.07, 6.45) is 4.23. The van der Waals surface area contributed by atoms with Gasteiger partial charge in [0.15, 0.2) is 0 Å². The maximum atomic E-state index is 12.1. The highest BCUT2D eigenvalue weighted by Gasteiger charge is 2.23. The minimum Gasteiger partial charge on any atom is -0.355 e. The van der Waals surface area contributed by atoms with E-state index in [0.29, 0.717) is 32.5 Å². The third-order valence-corrected chi connectivity index (χ3v) is 3.94. The number of benzene rings is 1. The van der Waals surface area contributed by atoms with Crippen LogP contribution in [-0.4, -0.2) is 33.1 Å². The lowest BCUT2D eigenvalue weighted by Crippen LogP contribution is -2.42. The van der Waals surface area contributed by atoms with Gasteiger partial charge in [0.05, 0.1) is 12.5 Å². The molecule has 120 valence electrons. The van der Waals surface area contributed by atoms with Gasteiger partial charge in [0.1, 0.15) is 12.7 Å². The Balaban J connectivity index is 1.48. The zero-order chi connectivity index (χ0) is 16.1. The van der Waals surface area contributed by atoms with E-state index in [1.165, 1.54) is 6.33 Å². The van der Waals surface area contributed by atoms with Crippen molar-refractivity contribution < 1.29 is 9.59 Å². The Morgan fingerprint density at radius 1 is 1.30 bits per heavy atom. The highest BCUT2D eigenvalue weighted by molar-refractivity contribution is 5.83. The lowest BCUT2D eigenvalue weighted by molar-refractivity contribution is -0.129. The van der Waals surface area contributed by atoms with Crippen molar-refractivity contribution in [1.29, 1.82) is 0 Å². The lowest BCUT2D eigenvalue weighted by Gasteiger charge is -2.21. The number of carbonyl (C=O) groups excluding carboxylic acids is 2. The summed E-state index contributed by atoms with van der Waals surface area (Å²) < 4.78 is 1.76. The fourth-order valence-electron chi connectivity index (χ4n) is 2.55. The number of hydrogen-bond donors (Lipinski definition) is 2. The average Bonchev–Trinajstić information content (AvgIpc) is 3.07. The van der Waals surface area contributed by atoms with Crippen LogP contribution in [0, 0.1) is 5.92 Å². The minimum atomic E-state index is -0.126. The van der Waals surface area contributed by atoms with Gasteiger partial charge in [0.25, 0.3) is 0 Å². The number of nitrogens with one attached hydrogen (secondary N) is 2. The zero-order valence-corrected chi connectivity index (χ0v) is 12.7. The zero-order valence-electron chi connectivity index (χ0n) is 12.7. The van der Waals surface area contributed by atoms with Crippen LogP contribution in [0.2, 0.25) is 0 Å². The molecule has 0 saturated carbocycles. The molecule has 1 aliphatic rings. The molecule has 1 saturated heterocycles. The molecule has 23 heavy (non-hydrogen) atoms. The highest BCUT2D eigenvalue weighted by Crippen LogP contribution is 2.11. The molecular weight excluding hydrogens is 294 g/mol. The van der Waals surface area contributed by atoms with Crippen molar-refractivity contribution in [1.82, 2.24) is 25.4 Å². The topological polar surface area (TPSA) is 88.9 Å². The van der Waals surface area contributed by atoms with Gasteiger partial charge >= 0.3 is 0 Å². The maximum Gasteiger partial charge on any atom is 0.225 e. The highest BCUT2D eigenvalue weighted by atomic mass is 16.2. The van der Waals surface area contributed by atoms with E-state index in [2.05, 4.69) is 20.7 Å².